The predicted molar refractivity (Wildman–Crippen MR) is 81.3 cm³/mol. The van der Waals surface area contributed by atoms with Crippen LogP contribution in [0.1, 0.15) is 48.4 Å². The third kappa shape index (κ3) is 2.72. The Morgan fingerprint density at radius 1 is 1.43 bits per heavy atom. The maximum Gasteiger partial charge on any atom is 0.255 e. The second-order valence-electron chi connectivity index (χ2n) is 6.00. The first kappa shape index (κ1) is 16.0. The summed E-state index contributed by atoms with van der Waals surface area (Å²) in [6.07, 6.45) is 0.0404. The van der Waals surface area contributed by atoms with Crippen molar-refractivity contribution >= 4 is 5.91 Å². The molecule has 5 nitrogen and oxygen atoms in total. The Morgan fingerprint density at radius 3 is 2.57 bits per heavy atom. The van der Waals surface area contributed by atoms with Gasteiger partial charge >= 0.3 is 0 Å². The van der Waals surface area contributed by atoms with Crippen LogP contribution in [0.4, 0.5) is 0 Å². The first-order valence-corrected chi connectivity index (χ1v) is 7.70. The topological polar surface area (TPSA) is 65.7 Å². The number of piperidine rings is 1. The molecule has 1 aromatic heterocycles. The lowest BCUT2D eigenvalue weighted by molar-refractivity contribution is -0.114. The molecule has 1 amide bonds. The van der Waals surface area contributed by atoms with Gasteiger partial charge in [0.15, 0.2) is 0 Å². The quantitative estimate of drug-likeness (QED) is 0.887. The number of rotatable bonds is 3. The standard InChI is InChI=1S/C16H26N2O3/c1-5-16(21)7-8-17(10-14(16)19)15(20)13-9-11(3)18(6-2)12(13)4/h9,14,19,21H,5-8,10H2,1-4H3/t14-,16-/m1/s1. The summed E-state index contributed by atoms with van der Waals surface area (Å²) in [6, 6.07) is 1.91. The summed E-state index contributed by atoms with van der Waals surface area (Å²) in [5.74, 6) is -0.0556. The first-order chi connectivity index (χ1) is 9.84. The Balaban J connectivity index is 2.19. The van der Waals surface area contributed by atoms with Gasteiger partial charge in [0.05, 0.1) is 11.2 Å². The van der Waals surface area contributed by atoms with E-state index < -0.39 is 11.7 Å². The number of carbonyl (C=O) groups is 1. The van der Waals surface area contributed by atoms with Crippen molar-refractivity contribution in [2.45, 2.75) is 58.8 Å². The van der Waals surface area contributed by atoms with Gasteiger partial charge in [0.2, 0.25) is 0 Å². The maximum absolute atomic E-state index is 12.7. The van der Waals surface area contributed by atoms with Gasteiger partial charge in [-0.25, -0.2) is 0 Å². The Kier molecular flexibility index (Phi) is 4.44. The normalized spacial score (nSPS) is 26.2. The number of β-amino-alcohol motifs (C(OH)–C–C–N with tert-alkyl or cyclic N) is 1. The monoisotopic (exact) mass is 294 g/mol. The summed E-state index contributed by atoms with van der Waals surface area (Å²) < 4.78 is 2.11. The van der Waals surface area contributed by atoms with E-state index in [1.54, 1.807) is 4.90 Å². The van der Waals surface area contributed by atoms with Gasteiger partial charge in [-0.1, -0.05) is 6.92 Å². The minimum absolute atomic E-state index is 0.0556. The lowest BCUT2D eigenvalue weighted by atomic mass is 9.86. The highest BCUT2D eigenvalue weighted by Crippen LogP contribution is 2.27. The van der Waals surface area contributed by atoms with Crippen molar-refractivity contribution in [1.29, 1.82) is 0 Å². The smallest absolute Gasteiger partial charge is 0.255 e. The van der Waals surface area contributed by atoms with Crippen molar-refractivity contribution in [3.8, 4) is 0 Å². The maximum atomic E-state index is 12.7. The average molecular weight is 294 g/mol. The van der Waals surface area contributed by atoms with Gasteiger partial charge in [-0.15, -0.1) is 0 Å². The molecule has 2 atom stereocenters. The molecule has 2 heterocycles. The van der Waals surface area contributed by atoms with Crippen LogP contribution in [0, 0.1) is 13.8 Å². The third-order valence-electron chi connectivity index (χ3n) is 4.85. The predicted octanol–water partition coefficient (Wildman–Crippen LogP) is 1.47. The molecule has 0 bridgehead atoms. The SMILES string of the molecule is CCn1c(C)cc(C(=O)N2CC[C@](O)(CC)[C@H](O)C2)c1C. The van der Waals surface area contributed by atoms with Gasteiger partial charge in [0.25, 0.3) is 5.91 Å². The number of aliphatic hydroxyl groups excluding tert-OH is 1. The van der Waals surface area contributed by atoms with E-state index in [9.17, 15) is 15.0 Å². The fourth-order valence-corrected chi connectivity index (χ4v) is 3.24. The fourth-order valence-electron chi connectivity index (χ4n) is 3.24. The number of hydrogen-bond acceptors (Lipinski definition) is 3. The van der Waals surface area contributed by atoms with Crippen molar-refractivity contribution in [2.24, 2.45) is 0 Å². The van der Waals surface area contributed by atoms with E-state index in [2.05, 4.69) is 11.5 Å². The Morgan fingerprint density at radius 2 is 2.10 bits per heavy atom. The van der Waals surface area contributed by atoms with Gasteiger partial charge in [-0.2, -0.15) is 0 Å². The first-order valence-electron chi connectivity index (χ1n) is 7.70. The number of aliphatic hydroxyl groups is 2. The molecule has 118 valence electrons. The highest BCUT2D eigenvalue weighted by molar-refractivity contribution is 5.95. The van der Waals surface area contributed by atoms with Gasteiger partial charge in [-0.3, -0.25) is 4.79 Å². The molecular weight excluding hydrogens is 268 g/mol. The largest absolute Gasteiger partial charge is 0.388 e. The van der Waals surface area contributed by atoms with Crippen molar-refractivity contribution in [3.05, 3.63) is 23.0 Å². The number of carbonyl (C=O) groups excluding carboxylic acids is 1. The molecule has 0 saturated carbocycles. The van der Waals surface area contributed by atoms with Crippen molar-refractivity contribution < 1.29 is 15.0 Å². The van der Waals surface area contributed by atoms with Crippen LogP contribution in [-0.4, -0.2) is 50.4 Å². The number of aromatic nitrogens is 1. The molecule has 2 N–H and O–H groups in total. The van der Waals surface area contributed by atoms with Gasteiger partial charge in [0, 0.05) is 31.0 Å². The fraction of sp³-hybridized carbons (Fsp3) is 0.688. The molecule has 0 spiro atoms. The average Bonchev–Trinajstić information content (AvgIpc) is 2.75. The lowest BCUT2D eigenvalue weighted by Crippen LogP contribution is -2.56. The van der Waals surface area contributed by atoms with Gasteiger partial charge in [-0.05, 0) is 39.7 Å². The molecule has 1 aromatic rings. The highest BCUT2D eigenvalue weighted by Gasteiger charge is 2.40. The van der Waals surface area contributed by atoms with Crippen LogP contribution < -0.4 is 0 Å². The molecule has 0 unspecified atom stereocenters. The Hall–Kier alpha value is -1.33. The van der Waals surface area contributed by atoms with Crippen LogP contribution >= 0.6 is 0 Å². The zero-order valence-electron chi connectivity index (χ0n) is 13.4. The van der Waals surface area contributed by atoms with Crippen molar-refractivity contribution in [2.75, 3.05) is 13.1 Å². The van der Waals surface area contributed by atoms with Crippen LogP contribution in [0.25, 0.3) is 0 Å². The molecule has 1 aliphatic heterocycles. The summed E-state index contributed by atoms with van der Waals surface area (Å²) in [6.45, 7) is 9.37. The van der Waals surface area contributed by atoms with Crippen LogP contribution in [0.5, 0.6) is 0 Å². The number of amides is 1. The van der Waals surface area contributed by atoms with E-state index in [-0.39, 0.29) is 12.5 Å². The second-order valence-corrected chi connectivity index (χ2v) is 6.00. The van der Waals surface area contributed by atoms with E-state index in [4.69, 9.17) is 0 Å². The minimum Gasteiger partial charge on any atom is -0.388 e. The Bertz CT molecular complexity index is 538. The Labute approximate surface area is 126 Å². The minimum atomic E-state index is -1.06. The molecular formula is C16H26N2O3. The van der Waals surface area contributed by atoms with Gasteiger partial charge in [0.1, 0.15) is 6.10 Å². The van der Waals surface area contributed by atoms with Crippen LogP contribution in [0.2, 0.25) is 0 Å². The molecule has 1 fully saturated rings. The molecule has 21 heavy (non-hydrogen) atoms. The number of hydrogen-bond donors (Lipinski definition) is 2. The zero-order chi connectivity index (χ0) is 15.8. The molecule has 0 aliphatic carbocycles. The van der Waals surface area contributed by atoms with Crippen molar-refractivity contribution in [1.82, 2.24) is 9.47 Å². The molecule has 0 radical (unpaired) electrons. The lowest BCUT2D eigenvalue weighted by Gasteiger charge is -2.41. The van der Waals surface area contributed by atoms with E-state index in [1.165, 1.54) is 0 Å². The summed E-state index contributed by atoms with van der Waals surface area (Å²) >= 11 is 0. The molecule has 2 rings (SSSR count). The van der Waals surface area contributed by atoms with Crippen LogP contribution in [-0.2, 0) is 6.54 Å². The summed E-state index contributed by atoms with van der Waals surface area (Å²) in [4.78, 5) is 14.3. The summed E-state index contributed by atoms with van der Waals surface area (Å²) in [7, 11) is 0. The van der Waals surface area contributed by atoms with E-state index >= 15 is 0 Å². The molecule has 5 heteroatoms. The molecule has 0 aromatic carbocycles. The van der Waals surface area contributed by atoms with Crippen LogP contribution in [0.15, 0.2) is 6.07 Å². The van der Waals surface area contributed by atoms with Crippen molar-refractivity contribution in [3.63, 3.8) is 0 Å². The number of likely N-dealkylation sites (tertiary alicyclic amines) is 1. The summed E-state index contributed by atoms with van der Waals surface area (Å²) in [5, 5.41) is 20.4. The second kappa shape index (κ2) is 5.81. The molecule has 1 aliphatic rings. The third-order valence-corrected chi connectivity index (χ3v) is 4.85. The van der Waals surface area contributed by atoms with Gasteiger partial charge < -0.3 is 19.7 Å². The zero-order valence-corrected chi connectivity index (χ0v) is 13.4. The highest BCUT2D eigenvalue weighted by atomic mass is 16.3. The number of nitrogens with zero attached hydrogens (tertiary/aromatic N) is 2. The molecule has 1 saturated heterocycles. The number of aryl methyl sites for hydroxylation is 1. The van der Waals surface area contributed by atoms with E-state index in [0.717, 1.165) is 17.9 Å². The van der Waals surface area contributed by atoms with E-state index in [1.807, 2.05) is 26.8 Å². The van der Waals surface area contributed by atoms with Crippen LogP contribution in [0.3, 0.4) is 0 Å². The van der Waals surface area contributed by atoms with E-state index in [0.29, 0.717) is 24.9 Å². The summed E-state index contributed by atoms with van der Waals surface area (Å²) in [5.41, 5.74) is 1.67.